The van der Waals surface area contributed by atoms with E-state index in [0.29, 0.717) is 0 Å². The lowest BCUT2D eigenvalue weighted by Gasteiger charge is -2.19. The van der Waals surface area contributed by atoms with Crippen molar-refractivity contribution in [3.8, 4) is 0 Å². The molecule has 90 valence electrons. The molecule has 1 unspecified atom stereocenters. The first-order valence-corrected chi connectivity index (χ1v) is 6.52. The molecule has 0 aliphatic rings. The fourth-order valence-electron chi connectivity index (χ4n) is 1.46. The zero-order chi connectivity index (χ0) is 12.1. The van der Waals surface area contributed by atoms with Crippen molar-refractivity contribution in [1.82, 2.24) is 5.32 Å². The highest BCUT2D eigenvalue weighted by molar-refractivity contribution is 7.07. The van der Waals surface area contributed by atoms with Gasteiger partial charge in [0.15, 0.2) is 0 Å². The Hall–Kier alpha value is -0.870. The van der Waals surface area contributed by atoms with Gasteiger partial charge in [0.05, 0.1) is 6.04 Å². The van der Waals surface area contributed by atoms with Gasteiger partial charge in [0.1, 0.15) is 0 Å². The number of amides is 1. The predicted molar refractivity (Wildman–Crippen MR) is 68.4 cm³/mol. The molecule has 0 bridgehead atoms. The number of nitrogens with two attached hydrogens (primary N) is 1. The van der Waals surface area contributed by atoms with Crippen LogP contribution in [-0.2, 0) is 11.2 Å². The zero-order valence-corrected chi connectivity index (χ0v) is 10.9. The molecule has 0 radical (unpaired) electrons. The summed E-state index contributed by atoms with van der Waals surface area (Å²) < 4.78 is 0. The molecule has 0 saturated carbocycles. The maximum Gasteiger partial charge on any atom is 0.237 e. The van der Waals surface area contributed by atoms with Crippen LogP contribution in [0.3, 0.4) is 0 Å². The summed E-state index contributed by atoms with van der Waals surface area (Å²) in [5, 5.41) is 7.09. The Labute approximate surface area is 101 Å². The van der Waals surface area contributed by atoms with Crippen molar-refractivity contribution in [1.29, 1.82) is 0 Å². The molecule has 1 rings (SSSR count). The maximum atomic E-state index is 11.7. The van der Waals surface area contributed by atoms with Crippen molar-refractivity contribution in [2.45, 2.75) is 39.3 Å². The van der Waals surface area contributed by atoms with E-state index >= 15 is 0 Å². The molecule has 0 aliphatic heterocycles. The van der Waals surface area contributed by atoms with Crippen LogP contribution in [0.2, 0.25) is 0 Å². The van der Waals surface area contributed by atoms with Crippen molar-refractivity contribution in [2.24, 2.45) is 11.7 Å². The quantitative estimate of drug-likeness (QED) is 0.824. The molecule has 16 heavy (non-hydrogen) atoms. The Morgan fingerprint density at radius 3 is 2.69 bits per heavy atom. The standard InChI is InChI=1S/C12H20N2OS/c1-8(2)11(13)12(15)14-9(3)6-10-4-5-16-7-10/h4-5,7-9,11H,6,13H2,1-3H3,(H,14,15)/t9?,11-/m1/s1. The SMILES string of the molecule is CC(Cc1ccsc1)NC(=O)[C@H](N)C(C)C. The molecule has 4 heteroatoms. The minimum atomic E-state index is -0.412. The zero-order valence-electron chi connectivity index (χ0n) is 10.1. The van der Waals surface area contributed by atoms with Crippen LogP contribution in [0.5, 0.6) is 0 Å². The Morgan fingerprint density at radius 2 is 2.19 bits per heavy atom. The smallest absolute Gasteiger partial charge is 0.237 e. The van der Waals surface area contributed by atoms with Crippen molar-refractivity contribution in [3.63, 3.8) is 0 Å². The van der Waals surface area contributed by atoms with Gasteiger partial charge in [-0.3, -0.25) is 4.79 Å². The number of hydrogen-bond acceptors (Lipinski definition) is 3. The van der Waals surface area contributed by atoms with Gasteiger partial charge in [-0.15, -0.1) is 0 Å². The summed E-state index contributed by atoms with van der Waals surface area (Å²) in [6.07, 6.45) is 0.861. The van der Waals surface area contributed by atoms with Crippen molar-refractivity contribution in [3.05, 3.63) is 22.4 Å². The lowest BCUT2D eigenvalue weighted by molar-refractivity contribution is -0.123. The summed E-state index contributed by atoms with van der Waals surface area (Å²) in [5.41, 5.74) is 7.03. The molecular formula is C12H20N2OS. The van der Waals surface area contributed by atoms with Crippen LogP contribution in [0.25, 0.3) is 0 Å². The fraction of sp³-hybridized carbons (Fsp3) is 0.583. The third kappa shape index (κ3) is 3.94. The molecule has 1 heterocycles. The summed E-state index contributed by atoms with van der Waals surface area (Å²) in [6.45, 7) is 5.91. The van der Waals surface area contributed by atoms with E-state index in [-0.39, 0.29) is 17.9 Å². The van der Waals surface area contributed by atoms with Gasteiger partial charge in [-0.05, 0) is 41.7 Å². The van der Waals surface area contributed by atoms with Crippen LogP contribution in [0, 0.1) is 5.92 Å². The van der Waals surface area contributed by atoms with E-state index in [9.17, 15) is 4.79 Å². The first kappa shape index (κ1) is 13.2. The highest BCUT2D eigenvalue weighted by Crippen LogP contribution is 2.08. The molecular weight excluding hydrogens is 220 g/mol. The monoisotopic (exact) mass is 240 g/mol. The van der Waals surface area contributed by atoms with Crippen LogP contribution in [0.4, 0.5) is 0 Å². The Morgan fingerprint density at radius 1 is 1.50 bits per heavy atom. The second kappa shape index (κ2) is 6.01. The number of rotatable bonds is 5. The minimum Gasteiger partial charge on any atom is -0.352 e. The summed E-state index contributed by atoms with van der Waals surface area (Å²) in [7, 11) is 0. The topological polar surface area (TPSA) is 55.1 Å². The van der Waals surface area contributed by atoms with Gasteiger partial charge < -0.3 is 11.1 Å². The van der Waals surface area contributed by atoms with Crippen LogP contribution in [-0.4, -0.2) is 18.0 Å². The molecule has 0 spiro atoms. The van der Waals surface area contributed by atoms with Gasteiger partial charge in [-0.2, -0.15) is 11.3 Å². The Balaban J connectivity index is 2.39. The van der Waals surface area contributed by atoms with Gasteiger partial charge in [-0.1, -0.05) is 13.8 Å². The lowest BCUT2D eigenvalue weighted by Crippen LogP contribution is -2.47. The molecule has 2 atom stereocenters. The number of carbonyl (C=O) groups excluding carboxylic acids is 1. The molecule has 1 aromatic rings. The Kier molecular flexibility index (Phi) is 4.96. The first-order valence-electron chi connectivity index (χ1n) is 5.57. The highest BCUT2D eigenvalue weighted by atomic mass is 32.1. The summed E-state index contributed by atoms with van der Waals surface area (Å²) in [4.78, 5) is 11.7. The van der Waals surface area contributed by atoms with E-state index < -0.39 is 6.04 Å². The maximum absolute atomic E-state index is 11.7. The molecule has 1 aromatic heterocycles. The van der Waals surface area contributed by atoms with Crippen LogP contribution < -0.4 is 11.1 Å². The molecule has 0 aliphatic carbocycles. The number of hydrogen-bond donors (Lipinski definition) is 2. The fourth-order valence-corrected chi connectivity index (χ4v) is 2.14. The van der Waals surface area contributed by atoms with Crippen molar-refractivity contribution < 1.29 is 4.79 Å². The van der Waals surface area contributed by atoms with Gasteiger partial charge >= 0.3 is 0 Å². The molecule has 3 nitrogen and oxygen atoms in total. The molecule has 0 aromatic carbocycles. The molecule has 1 amide bonds. The van der Waals surface area contributed by atoms with Gasteiger partial charge in [0.2, 0.25) is 5.91 Å². The second-order valence-corrected chi connectivity index (χ2v) is 5.30. The average Bonchev–Trinajstić information content (AvgIpc) is 2.68. The largest absolute Gasteiger partial charge is 0.352 e. The third-order valence-corrected chi connectivity index (χ3v) is 3.26. The number of carbonyl (C=O) groups is 1. The predicted octanol–water partition coefficient (Wildman–Crippen LogP) is 1.78. The van der Waals surface area contributed by atoms with E-state index in [4.69, 9.17) is 5.73 Å². The first-order chi connectivity index (χ1) is 7.50. The third-order valence-electron chi connectivity index (χ3n) is 2.53. The normalized spacial score (nSPS) is 14.8. The van der Waals surface area contributed by atoms with Crippen LogP contribution >= 0.6 is 11.3 Å². The molecule has 0 fully saturated rings. The number of thiophene rings is 1. The molecule has 0 saturated heterocycles. The van der Waals surface area contributed by atoms with E-state index in [1.54, 1.807) is 11.3 Å². The minimum absolute atomic E-state index is 0.0577. The number of nitrogens with one attached hydrogen (secondary N) is 1. The highest BCUT2D eigenvalue weighted by Gasteiger charge is 2.18. The lowest BCUT2D eigenvalue weighted by atomic mass is 10.0. The Bertz CT molecular complexity index is 322. The van der Waals surface area contributed by atoms with E-state index in [1.807, 2.05) is 26.2 Å². The molecule has 3 N–H and O–H groups in total. The summed E-state index contributed by atoms with van der Waals surface area (Å²) in [5.74, 6) is 0.117. The summed E-state index contributed by atoms with van der Waals surface area (Å²) in [6, 6.07) is 1.80. The summed E-state index contributed by atoms with van der Waals surface area (Å²) >= 11 is 1.67. The van der Waals surface area contributed by atoms with Crippen LogP contribution in [0.15, 0.2) is 16.8 Å². The van der Waals surface area contributed by atoms with Crippen molar-refractivity contribution >= 4 is 17.2 Å². The van der Waals surface area contributed by atoms with Gasteiger partial charge in [-0.25, -0.2) is 0 Å². The average molecular weight is 240 g/mol. The van der Waals surface area contributed by atoms with Crippen LogP contribution in [0.1, 0.15) is 26.3 Å². The van der Waals surface area contributed by atoms with Gasteiger partial charge in [0.25, 0.3) is 0 Å². The van der Waals surface area contributed by atoms with Crippen molar-refractivity contribution in [2.75, 3.05) is 0 Å². The second-order valence-electron chi connectivity index (χ2n) is 4.52. The van der Waals surface area contributed by atoms with Gasteiger partial charge in [0, 0.05) is 6.04 Å². The van der Waals surface area contributed by atoms with E-state index in [1.165, 1.54) is 5.56 Å². The van der Waals surface area contributed by atoms with E-state index in [0.717, 1.165) is 6.42 Å². The van der Waals surface area contributed by atoms with E-state index in [2.05, 4.69) is 16.8 Å².